The summed E-state index contributed by atoms with van der Waals surface area (Å²) in [6, 6.07) is 15.7. The minimum absolute atomic E-state index is 0.00698. The Balaban J connectivity index is 1.25. The fraction of sp³-hybridized carbons (Fsp3) is 0.517. The summed E-state index contributed by atoms with van der Waals surface area (Å²) >= 11 is 0. The van der Waals surface area contributed by atoms with Crippen molar-refractivity contribution in [1.29, 1.82) is 0 Å². The number of piperidine rings is 2. The Hall–Kier alpha value is -2.93. The molecule has 2 fully saturated rings. The van der Waals surface area contributed by atoms with Crippen molar-refractivity contribution in [3.63, 3.8) is 0 Å². The van der Waals surface area contributed by atoms with Crippen LogP contribution in [0.1, 0.15) is 49.9 Å². The van der Waals surface area contributed by atoms with Gasteiger partial charge < -0.3 is 20.3 Å². The quantitative estimate of drug-likeness (QED) is 0.584. The van der Waals surface area contributed by atoms with Gasteiger partial charge in [0.1, 0.15) is 11.4 Å². The summed E-state index contributed by atoms with van der Waals surface area (Å²) in [6.07, 6.45) is 3.32. The van der Waals surface area contributed by atoms with Gasteiger partial charge in [-0.25, -0.2) is 4.39 Å². The Bertz CT molecular complexity index is 1020. The number of nitrogens with zero attached hydrogens (tertiary/aromatic N) is 2. The van der Waals surface area contributed by atoms with Gasteiger partial charge in [0, 0.05) is 31.1 Å². The molecule has 6 nitrogen and oxygen atoms in total. The molecule has 2 heterocycles. The SMILES string of the molecule is CC(C)(F)CN1CCC(COc2ccc(-c3ccc(C(=O)N4CCC(C(N)=O)CC4)cc3)cc2)CC1. The Morgan fingerprint density at radius 2 is 1.47 bits per heavy atom. The molecule has 36 heavy (non-hydrogen) atoms. The van der Waals surface area contributed by atoms with E-state index in [-0.39, 0.29) is 17.7 Å². The van der Waals surface area contributed by atoms with Crippen molar-refractivity contribution in [2.75, 3.05) is 39.3 Å². The highest BCUT2D eigenvalue weighted by atomic mass is 19.1. The minimum Gasteiger partial charge on any atom is -0.493 e. The average Bonchev–Trinajstić information content (AvgIpc) is 2.87. The molecule has 0 unspecified atom stereocenters. The largest absolute Gasteiger partial charge is 0.493 e. The van der Waals surface area contributed by atoms with Gasteiger partial charge in [-0.15, -0.1) is 0 Å². The zero-order valence-electron chi connectivity index (χ0n) is 21.4. The second-order valence-electron chi connectivity index (χ2n) is 10.8. The second-order valence-corrected chi connectivity index (χ2v) is 10.8. The van der Waals surface area contributed by atoms with E-state index < -0.39 is 5.67 Å². The molecule has 194 valence electrons. The third kappa shape index (κ3) is 7.06. The van der Waals surface area contributed by atoms with E-state index >= 15 is 0 Å². The number of benzene rings is 2. The first-order chi connectivity index (χ1) is 17.2. The molecule has 0 bridgehead atoms. The molecule has 2 aliphatic rings. The monoisotopic (exact) mass is 495 g/mol. The molecule has 2 aromatic rings. The smallest absolute Gasteiger partial charge is 0.253 e. The van der Waals surface area contributed by atoms with Crippen molar-refractivity contribution in [3.05, 3.63) is 54.1 Å². The number of nitrogens with two attached hydrogens (primary N) is 1. The van der Waals surface area contributed by atoms with Crippen LogP contribution in [0.25, 0.3) is 11.1 Å². The van der Waals surface area contributed by atoms with Crippen molar-refractivity contribution < 1.29 is 18.7 Å². The first kappa shape index (κ1) is 26.1. The number of carbonyl (C=O) groups excluding carboxylic acids is 2. The summed E-state index contributed by atoms with van der Waals surface area (Å²) < 4.78 is 19.9. The van der Waals surface area contributed by atoms with Crippen LogP contribution in [-0.4, -0.2) is 66.6 Å². The number of halogens is 1. The van der Waals surface area contributed by atoms with Crippen molar-refractivity contribution in [2.45, 2.75) is 45.2 Å². The fourth-order valence-electron chi connectivity index (χ4n) is 5.16. The van der Waals surface area contributed by atoms with Gasteiger partial charge in [-0.1, -0.05) is 24.3 Å². The summed E-state index contributed by atoms with van der Waals surface area (Å²) in [7, 11) is 0. The van der Waals surface area contributed by atoms with Gasteiger partial charge in [0.25, 0.3) is 5.91 Å². The number of ether oxygens (including phenoxy) is 1. The fourth-order valence-corrected chi connectivity index (χ4v) is 5.16. The molecule has 2 amide bonds. The number of carbonyl (C=O) groups is 2. The zero-order valence-corrected chi connectivity index (χ0v) is 21.4. The Labute approximate surface area is 213 Å². The maximum Gasteiger partial charge on any atom is 0.253 e. The summed E-state index contributed by atoms with van der Waals surface area (Å²) in [5, 5.41) is 0. The van der Waals surface area contributed by atoms with Gasteiger partial charge >= 0.3 is 0 Å². The maximum atomic E-state index is 13.9. The van der Waals surface area contributed by atoms with Crippen LogP contribution in [0.3, 0.4) is 0 Å². The number of hydrogen-bond donors (Lipinski definition) is 1. The number of primary amides is 1. The lowest BCUT2D eigenvalue weighted by molar-refractivity contribution is -0.123. The van der Waals surface area contributed by atoms with Crippen LogP contribution >= 0.6 is 0 Å². The summed E-state index contributed by atoms with van der Waals surface area (Å²) in [5.74, 6) is 0.930. The van der Waals surface area contributed by atoms with Crippen molar-refractivity contribution >= 4 is 11.8 Å². The van der Waals surface area contributed by atoms with Gasteiger partial charge in [0.15, 0.2) is 0 Å². The zero-order chi connectivity index (χ0) is 25.7. The molecule has 0 saturated carbocycles. The Morgan fingerprint density at radius 3 is 2.00 bits per heavy atom. The van der Waals surface area contributed by atoms with Gasteiger partial charge in [-0.2, -0.15) is 0 Å². The first-order valence-electron chi connectivity index (χ1n) is 13.0. The van der Waals surface area contributed by atoms with Crippen LogP contribution in [0.15, 0.2) is 48.5 Å². The van der Waals surface area contributed by atoms with E-state index in [1.165, 1.54) is 0 Å². The lowest BCUT2D eigenvalue weighted by Crippen LogP contribution is -2.41. The molecule has 2 aliphatic heterocycles. The number of likely N-dealkylation sites (tertiary alicyclic amines) is 2. The summed E-state index contributed by atoms with van der Waals surface area (Å²) in [4.78, 5) is 28.2. The molecule has 2 aromatic carbocycles. The van der Waals surface area contributed by atoms with Crippen LogP contribution in [0.2, 0.25) is 0 Å². The Kier molecular flexibility index (Phi) is 8.29. The summed E-state index contributed by atoms with van der Waals surface area (Å²) in [6.45, 7) is 7.41. The third-order valence-corrected chi connectivity index (χ3v) is 7.30. The minimum atomic E-state index is -1.15. The normalized spacial score (nSPS) is 18.2. The lowest BCUT2D eigenvalue weighted by atomic mass is 9.95. The highest BCUT2D eigenvalue weighted by Crippen LogP contribution is 2.26. The number of alkyl halides is 1. The molecule has 0 radical (unpaired) electrons. The van der Waals surface area contributed by atoms with Crippen LogP contribution < -0.4 is 10.5 Å². The van der Waals surface area contributed by atoms with Crippen LogP contribution in [0.4, 0.5) is 4.39 Å². The first-order valence-corrected chi connectivity index (χ1v) is 13.0. The average molecular weight is 496 g/mol. The number of amides is 2. The van der Waals surface area contributed by atoms with Gasteiger partial charge in [-0.05, 0) is 93.9 Å². The molecule has 4 rings (SSSR count). The number of rotatable bonds is 8. The predicted octanol–water partition coefficient (Wildman–Crippen LogP) is 4.53. The lowest BCUT2D eigenvalue weighted by Gasteiger charge is -2.34. The van der Waals surface area contributed by atoms with Gasteiger partial charge in [0.2, 0.25) is 5.91 Å². The number of hydrogen-bond acceptors (Lipinski definition) is 4. The molecular formula is C29H38FN3O3. The van der Waals surface area contributed by atoms with E-state index in [1.807, 2.05) is 48.5 Å². The van der Waals surface area contributed by atoms with Crippen molar-refractivity contribution in [3.8, 4) is 16.9 Å². The van der Waals surface area contributed by atoms with Crippen molar-refractivity contribution in [1.82, 2.24) is 9.80 Å². The second kappa shape index (κ2) is 11.4. The highest BCUT2D eigenvalue weighted by Gasteiger charge is 2.27. The maximum absolute atomic E-state index is 13.9. The van der Waals surface area contributed by atoms with Crippen LogP contribution in [-0.2, 0) is 4.79 Å². The van der Waals surface area contributed by atoms with E-state index in [0.717, 1.165) is 42.8 Å². The molecule has 7 heteroatoms. The van der Waals surface area contributed by atoms with E-state index in [2.05, 4.69) is 4.90 Å². The topological polar surface area (TPSA) is 75.9 Å². The van der Waals surface area contributed by atoms with Gasteiger partial charge in [0.05, 0.1) is 6.61 Å². The predicted molar refractivity (Wildman–Crippen MR) is 140 cm³/mol. The molecule has 0 aromatic heterocycles. The molecular weight excluding hydrogens is 457 g/mol. The van der Waals surface area contributed by atoms with E-state index in [9.17, 15) is 14.0 Å². The molecule has 2 saturated heterocycles. The van der Waals surface area contributed by atoms with Crippen LogP contribution in [0, 0.1) is 11.8 Å². The van der Waals surface area contributed by atoms with Crippen molar-refractivity contribution in [2.24, 2.45) is 17.6 Å². The molecule has 0 aliphatic carbocycles. The molecule has 0 spiro atoms. The van der Waals surface area contributed by atoms with E-state index in [4.69, 9.17) is 10.5 Å². The third-order valence-electron chi connectivity index (χ3n) is 7.30. The van der Waals surface area contributed by atoms with Gasteiger partial charge in [-0.3, -0.25) is 9.59 Å². The highest BCUT2D eigenvalue weighted by molar-refractivity contribution is 5.95. The van der Waals surface area contributed by atoms with E-state index in [0.29, 0.717) is 50.6 Å². The standard InChI is InChI=1S/C29H38FN3O3/c1-29(2,30)20-32-15-11-21(12-16-32)19-36-26-9-7-23(8-10-26)22-3-5-25(6-4-22)28(35)33-17-13-24(14-18-33)27(31)34/h3-10,21,24H,11-20H2,1-2H3,(H2,31,34). The molecule has 0 atom stereocenters. The molecule has 2 N–H and O–H groups in total. The summed E-state index contributed by atoms with van der Waals surface area (Å²) in [5.41, 5.74) is 6.99. The Morgan fingerprint density at radius 1 is 0.917 bits per heavy atom. The van der Waals surface area contributed by atoms with Crippen LogP contribution in [0.5, 0.6) is 5.75 Å². The van der Waals surface area contributed by atoms with E-state index in [1.54, 1.807) is 18.7 Å².